The molecule has 0 spiro atoms. The van der Waals surface area contributed by atoms with E-state index in [1.807, 2.05) is 54.6 Å². The van der Waals surface area contributed by atoms with Gasteiger partial charge in [0.25, 0.3) is 0 Å². The number of pyridine rings is 1. The predicted octanol–water partition coefficient (Wildman–Crippen LogP) is 5.44. The Morgan fingerprint density at radius 2 is 1.96 bits per heavy atom. The van der Waals surface area contributed by atoms with Gasteiger partial charge in [-0.15, -0.1) is 0 Å². The molecule has 0 fully saturated rings. The number of nitrogens with one attached hydrogen (secondary N) is 1. The first kappa shape index (κ1) is 16.0. The summed E-state index contributed by atoms with van der Waals surface area (Å²) in [5.41, 5.74) is 3.67. The van der Waals surface area contributed by atoms with E-state index in [1.165, 1.54) is 11.8 Å². The Labute approximate surface area is 154 Å². The molecule has 2 heterocycles. The zero-order valence-corrected chi connectivity index (χ0v) is 14.9. The molecule has 4 aromatic rings. The zero-order chi connectivity index (χ0) is 17.2. The second kappa shape index (κ2) is 6.78. The SMILES string of the molecule is COc1ccnc(-c2cccc(Cl)c2Sc2nc3ccccc3[nH]2)c1. The number of aromatic amines is 1. The number of hydrogen-bond acceptors (Lipinski definition) is 4. The molecular formula is C19H14ClN3OS. The fraction of sp³-hybridized carbons (Fsp3) is 0.0526. The van der Waals surface area contributed by atoms with Crippen LogP contribution in [0.4, 0.5) is 0 Å². The normalized spacial score (nSPS) is 11.0. The highest BCUT2D eigenvalue weighted by Crippen LogP contribution is 2.40. The molecule has 0 aliphatic carbocycles. The third-order valence-electron chi connectivity index (χ3n) is 3.78. The Kier molecular flexibility index (Phi) is 4.34. The monoisotopic (exact) mass is 367 g/mol. The molecule has 4 rings (SSSR count). The summed E-state index contributed by atoms with van der Waals surface area (Å²) < 4.78 is 5.31. The van der Waals surface area contributed by atoms with Gasteiger partial charge in [0.2, 0.25) is 0 Å². The number of rotatable bonds is 4. The first-order chi connectivity index (χ1) is 12.2. The van der Waals surface area contributed by atoms with Crippen molar-refractivity contribution in [3.05, 3.63) is 65.8 Å². The van der Waals surface area contributed by atoms with E-state index >= 15 is 0 Å². The maximum absolute atomic E-state index is 6.48. The van der Waals surface area contributed by atoms with E-state index < -0.39 is 0 Å². The van der Waals surface area contributed by atoms with Crippen molar-refractivity contribution < 1.29 is 4.74 Å². The zero-order valence-electron chi connectivity index (χ0n) is 13.4. The van der Waals surface area contributed by atoms with E-state index in [0.717, 1.165) is 38.1 Å². The van der Waals surface area contributed by atoms with Gasteiger partial charge in [0.15, 0.2) is 5.16 Å². The van der Waals surface area contributed by atoms with Gasteiger partial charge < -0.3 is 9.72 Å². The minimum Gasteiger partial charge on any atom is -0.497 e. The van der Waals surface area contributed by atoms with Crippen LogP contribution < -0.4 is 4.74 Å². The minimum absolute atomic E-state index is 0.660. The molecule has 25 heavy (non-hydrogen) atoms. The van der Waals surface area contributed by atoms with Crippen molar-refractivity contribution in [3.8, 4) is 17.0 Å². The van der Waals surface area contributed by atoms with Crippen LogP contribution in [0.25, 0.3) is 22.3 Å². The van der Waals surface area contributed by atoms with Gasteiger partial charge in [-0.25, -0.2) is 4.98 Å². The van der Waals surface area contributed by atoms with Crippen molar-refractivity contribution in [2.45, 2.75) is 10.1 Å². The number of H-pyrrole nitrogens is 1. The lowest BCUT2D eigenvalue weighted by atomic mass is 10.1. The Morgan fingerprint density at radius 3 is 2.80 bits per heavy atom. The number of imidazole rings is 1. The number of ether oxygens (including phenoxy) is 1. The van der Waals surface area contributed by atoms with Crippen LogP contribution >= 0.6 is 23.4 Å². The van der Waals surface area contributed by atoms with E-state index in [9.17, 15) is 0 Å². The standard InChI is InChI=1S/C19H14ClN3OS/c1-24-12-9-10-21-17(11-12)13-5-4-6-14(20)18(13)25-19-22-15-7-2-3-8-16(15)23-19/h2-11H,1H3,(H,22,23). The Morgan fingerprint density at radius 1 is 1.08 bits per heavy atom. The number of hydrogen-bond donors (Lipinski definition) is 1. The molecule has 0 atom stereocenters. The third kappa shape index (κ3) is 3.21. The number of aromatic nitrogens is 3. The Hall–Kier alpha value is -2.50. The lowest BCUT2D eigenvalue weighted by Crippen LogP contribution is -1.90. The molecule has 6 heteroatoms. The minimum atomic E-state index is 0.660. The Balaban J connectivity index is 1.78. The van der Waals surface area contributed by atoms with E-state index in [1.54, 1.807) is 13.3 Å². The molecule has 0 unspecified atom stereocenters. The summed E-state index contributed by atoms with van der Waals surface area (Å²) >= 11 is 7.98. The summed E-state index contributed by atoms with van der Waals surface area (Å²) in [6.45, 7) is 0. The molecule has 0 radical (unpaired) electrons. The van der Waals surface area contributed by atoms with Gasteiger partial charge in [-0.05, 0) is 36.0 Å². The smallest absolute Gasteiger partial charge is 0.171 e. The number of methoxy groups -OCH3 is 1. The van der Waals surface area contributed by atoms with Gasteiger partial charge in [-0.3, -0.25) is 4.98 Å². The van der Waals surface area contributed by atoms with Crippen molar-refractivity contribution in [1.82, 2.24) is 15.0 Å². The van der Waals surface area contributed by atoms with Crippen LogP contribution in [0, 0.1) is 0 Å². The van der Waals surface area contributed by atoms with Crippen molar-refractivity contribution in [3.63, 3.8) is 0 Å². The quantitative estimate of drug-likeness (QED) is 0.522. The van der Waals surface area contributed by atoms with E-state index in [4.69, 9.17) is 16.3 Å². The lowest BCUT2D eigenvalue weighted by Gasteiger charge is -2.10. The highest BCUT2D eigenvalue weighted by molar-refractivity contribution is 7.99. The van der Waals surface area contributed by atoms with Gasteiger partial charge in [0.1, 0.15) is 5.75 Å². The average molecular weight is 368 g/mol. The lowest BCUT2D eigenvalue weighted by molar-refractivity contribution is 0.414. The number of fused-ring (bicyclic) bond motifs is 1. The van der Waals surface area contributed by atoms with Crippen molar-refractivity contribution >= 4 is 34.4 Å². The van der Waals surface area contributed by atoms with Crippen molar-refractivity contribution in [2.75, 3.05) is 7.11 Å². The van der Waals surface area contributed by atoms with Crippen LogP contribution in [0.3, 0.4) is 0 Å². The molecule has 0 amide bonds. The molecule has 0 saturated heterocycles. The summed E-state index contributed by atoms with van der Waals surface area (Å²) in [5.74, 6) is 0.754. The molecule has 2 aromatic heterocycles. The van der Waals surface area contributed by atoms with Gasteiger partial charge >= 0.3 is 0 Å². The first-order valence-electron chi connectivity index (χ1n) is 7.66. The van der Waals surface area contributed by atoms with Crippen LogP contribution in [0.2, 0.25) is 5.02 Å². The van der Waals surface area contributed by atoms with Crippen LogP contribution in [0.15, 0.2) is 70.8 Å². The molecule has 0 aliphatic heterocycles. The van der Waals surface area contributed by atoms with Crippen molar-refractivity contribution in [1.29, 1.82) is 0 Å². The largest absolute Gasteiger partial charge is 0.497 e. The summed E-state index contributed by atoms with van der Waals surface area (Å²) in [6, 6.07) is 17.4. The summed E-state index contributed by atoms with van der Waals surface area (Å²) in [7, 11) is 1.64. The maximum Gasteiger partial charge on any atom is 0.171 e. The number of benzene rings is 2. The average Bonchev–Trinajstić information content (AvgIpc) is 3.06. The summed E-state index contributed by atoms with van der Waals surface area (Å²) in [5, 5.41) is 1.45. The molecule has 0 aliphatic rings. The van der Waals surface area contributed by atoms with E-state index in [0.29, 0.717) is 5.02 Å². The molecule has 4 nitrogen and oxygen atoms in total. The topological polar surface area (TPSA) is 50.8 Å². The van der Waals surface area contributed by atoms with Crippen molar-refractivity contribution in [2.24, 2.45) is 0 Å². The summed E-state index contributed by atoms with van der Waals surface area (Å²) in [4.78, 5) is 13.3. The van der Waals surface area contributed by atoms with Gasteiger partial charge in [0, 0.05) is 22.7 Å². The van der Waals surface area contributed by atoms with Crippen LogP contribution in [0.1, 0.15) is 0 Å². The van der Waals surface area contributed by atoms with Crippen LogP contribution in [-0.4, -0.2) is 22.1 Å². The number of para-hydroxylation sites is 2. The van der Waals surface area contributed by atoms with Gasteiger partial charge in [0.05, 0.1) is 28.9 Å². The molecule has 0 saturated carbocycles. The Bertz CT molecular complexity index is 1010. The van der Waals surface area contributed by atoms with Crippen LogP contribution in [-0.2, 0) is 0 Å². The molecule has 0 bridgehead atoms. The molecule has 2 aromatic carbocycles. The fourth-order valence-corrected chi connectivity index (χ4v) is 3.81. The van der Waals surface area contributed by atoms with Gasteiger partial charge in [-0.1, -0.05) is 35.9 Å². The van der Waals surface area contributed by atoms with Gasteiger partial charge in [-0.2, -0.15) is 0 Å². The van der Waals surface area contributed by atoms with E-state index in [2.05, 4.69) is 15.0 Å². The second-order valence-electron chi connectivity index (χ2n) is 5.36. The molecular weight excluding hydrogens is 354 g/mol. The molecule has 1 N–H and O–H groups in total. The fourth-order valence-electron chi connectivity index (χ4n) is 2.57. The third-order valence-corrected chi connectivity index (χ3v) is 5.23. The number of halogens is 1. The van der Waals surface area contributed by atoms with E-state index in [-0.39, 0.29) is 0 Å². The highest BCUT2D eigenvalue weighted by atomic mass is 35.5. The molecule has 124 valence electrons. The predicted molar refractivity (Wildman–Crippen MR) is 101 cm³/mol. The second-order valence-corrected chi connectivity index (χ2v) is 6.76. The summed E-state index contributed by atoms with van der Waals surface area (Å²) in [6.07, 6.45) is 1.73. The first-order valence-corrected chi connectivity index (χ1v) is 8.85. The van der Waals surface area contributed by atoms with Crippen LogP contribution in [0.5, 0.6) is 5.75 Å². The number of nitrogens with zero attached hydrogens (tertiary/aromatic N) is 2. The highest BCUT2D eigenvalue weighted by Gasteiger charge is 2.14. The maximum atomic E-state index is 6.48.